The van der Waals surface area contributed by atoms with Crippen LogP contribution in [0.3, 0.4) is 0 Å². The Hall–Kier alpha value is -1.71. The molecule has 1 nitrogen and oxygen atoms in total. The molecule has 0 saturated heterocycles. The van der Waals surface area contributed by atoms with Crippen molar-refractivity contribution in [3.05, 3.63) is 48.6 Å². The van der Waals surface area contributed by atoms with Gasteiger partial charge in [0, 0.05) is 1.43 Å². The summed E-state index contributed by atoms with van der Waals surface area (Å²) in [6, 6.07) is 6.26. The third-order valence-corrected chi connectivity index (χ3v) is 5.97. The van der Waals surface area contributed by atoms with Gasteiger partial charge in [-0.1, -0.05) is 24.3 Å². The van der Waals surface area contributed by atoms with Gasteiger partial charge in [-0.2, -0.15) is 0 Å². The molecule has 0 amide bonds. The van der Waals surface area contributed by atoms with Crippen molar-refractivity contribution >= 4 is 5.57 Å². The van der Waals surface area contributed by atoms with E-state index in [1.54, 1.807) is 12.1 Å². The van der Waals surface area contributed by atoms with Gasteiger partial charge >= 0.3 is 6.36 Å². The molecule has 144 valence electrons. The van der Waals surface area contributed by atoms with E-state index in [2.05, 4.69) is 17.4 Å². The van der Waals surface area contributed by atoms with Crippen LogP contribution in [0.25, 0.3) is 5.57 Å². The topological polar surface area (TPSA) is 9.23 Å². The van der Waals surface area contributed by atoms with Crippen LogP contribution >= 0.6 is 0 Å². The summed E-state index contributed by atoms with van der Waals surface area (Å²) in [5.74, 6) is 2.26. The van der Waals surface area contributed by atoms with Gasteiger partial charge in [-0.3, -0.25) is 0 Å². The van der Waals surface area contributed by atoms with Crippen molar-refractivity contribution in [1.82, 2.24) is 0 Å². The zero-order valence-electron chi connectivity index (χ0n) is 15.1. The van der Waals surface area contributed by atoms with Crippen molar-refractivity contribution in [2.45, 2.75) is 57.7 Å². The predicted molar refractivity (Wildman–Crippen MR) is 101 cm³/mol. The van der Waals surface area contributed by atoms with Crippen LogP contribution in [0, 0.1) is 17.8 Å². The van der Waals surface area contributed by atoms with E-state index in [0.29, 0.717) is 0 Å². The summed E-state index contributed by atoms with van der Waals surface area (Å²) in [5.41, 5.74) is 2.26. The number of allylic oxidation sites excluding steroid dienone is 3. The maximum Gasteiger partial charge on any atom is 0.573 e. The first-order valence-electron chi connectivity index (χ1n) is 9.60. The molecule has 2 aliphatic rings. The maximum absolute atomic E-state index is 12.2. The van der Waals surface area contributed by atoms with Gasteiger partial charge in [-0.25, -0.2) is 0 Å². The normalized spacial score (nSPS) is 26.9. The monoisotopic (exact) mass is 366 g/mol. The van der Waals surface area contributed by atoms with E-state index in [1.165, 1.54) is 49.8 Å². The van der Waals surface area contributed by atoms with E-state index in [-0.39, 0.29) is 7.18 Å². The zero-order chi connectivity index (χ0) is 18.6. The minimum atomic E-state index is -4.64. The number of ether oxygens (including phenoxy) is 1. The van der Waals surface area contributed by atoms with Crippen molar-refractivity contribution in [1.29, 1.82) is 0 Å². The molecule has 1 aromatic carbocycles. The van der Waals surface area contributed by atoms with Gasteiger partial charge in [0.1, 0.15) is 5.75 Å². The van der Waals surface area contributed by atoms with Crippen molar-refractivity contribution in [2.75, 3.05) is 0 Å². The third kappa shape index (κ3) is 5.15. The summed E-state index contributed by atoms with van der Waals surface area (Å²) in [5, 5.41) is 0. The Labute approximate surface area is 155 Å². The van der Waals surface area contributed by atoms with Gasteiger partial charge in [-0.15, -0.1) is 19.8 Å². The molecule has 0 radical (unpaired) electrons. The summed E-state index contributed by atoms with van der Waals surface area (Å²) in [6.07, 6.45) is 9.45. The number of rotatable bonds is 5. The summed E-state index contributed by atoms with van der Waals surface area (Å²) in [7, 11) is 0. The van der Waals surface area contributed by atoms with Crippen molar-refractivity contribution in [3.63, 3.8) is 0 Å². The highest BCUT2D eigenvalue weighted by Gasteiger charge is 2.31. The fraction of sp³-hybridized carbons (Fsp3) is 0.545. The third-order valence-electron chi connectivity index (χ3n) is 5.97. The Kier molecular flexibility index (Phi) is 6.10. The van der Waals surface area contributed by atoms with E-state index in [9.17, 15) is 13.2 Å². The van der Waals surface area contributed by atoms with Gasteiger partial charge in [0.25, 0.3) is 0 Å². The number of alkyl halides is 3. The average molecular weight is 366 g/mol. The van der Waals surface area contributed by atoms with Crippen LogP contribution in [0.5, 0.6) is 5.75 Å². The van der Waals surface area contributed by atoms with E-state index < -0.39 is 6.36 Å². The number of hydrogen-bond acceptors (Lipinski definition) is 1. The van der Waals surface area contributed by atoms with Gasteiger partial charge < -0.3 is 4.74 Å². The van der Waals surface area contributed by atoms with Crippen molar-refractivity contribution in [2.24, 2.45) is 17.8 Å². The van der Waals surface area contributed by atoms with Gasteiger partial charge in [0.2, 0.25) is 0 Å². The molecule has 3 rings (SSSR count). The highest BCUT2D eigenvalue weighted by atomic mass is 19.4. The minimum Gasteiger partial charge on any atom is -0.406 e. The smallest absolute Gasteiger partial charge is 0.406 e. The van der Waals surface area contributed by atoms with E-state index in [1.807, 2.05) is 6.08 Å². The molecule has 1 atom stereocenters. The van der Waals surface area contributed by atoms with Crippen molar-refractivity contribution < 1.29 is 19.3 Å². The molecule has 1 saturated carbocycles. The zero-order valence-corrected chi connectivity index (χ0v) is 15.1. The second-order valence-corrected chi connectivity index (χ2v) is 7.64. The second-order valence-electron chi connectivity index (χ2n) is 7.64. The highest BCUT2D eigenvalue weighted by molar-refractivity contribution is 5.66. The second kappa shape index (κ2) is 8.32. The molecule has 0 spiro atoms. The van der Waals surface area contributed by atoms with Gasteiger partial charge in [-0.05, 0) is 92.4 Å². The number of benzene rings is 1. The lowest BCUT2D eigenvalue weighted by molar-refractivity contribution is -0.274. The Morgan fingerprint density at radius 2 is 1.73 bits per heavy atom. The largest absolute Gasteiger partial charge is 0.573 e. The molecule has 2 aliphatic carbocycles. The first kappa shape index (κ1) is 19.1. The summed E-state index contributed by atoms with van der Waals surface area (Å²) >= 11 is 0. The fourth-order valence-electron chi connectivity index (χ4n) is 4.55. The molecule has 1 aromatic rings. The molecule has 0 aliphatic heterocycles. The lowest BCUT2D eigenvalue weighted by Crippen LogP contribution is -2.23. The molecule has 0 aromatic heterocycles. The quantitative estimate of drug-likeness (QED) is 0.493. The minimum absolute atomic E-state index is 0. The molecule has 0 N–H and O–H groups in total. The predicted octanol–water partition coefficient (Wildman–Crippen LogP) is 7.40. The SMILES string of the molecule is C=CCC1CCC(C2CC=C(c3ccc(OC(F)(F)F)cc3)CC2)CC1.[HH]. The molecule has 26 heavy (non-hydrogen) atoms. The van der Waals surface area contributed by atoms with E-state index in [0.717, 1.165) is 42.6 Å². The molecular weight excluding hydrogens is 337 g/mol. The van der Waals surface area contributed by atoms with E-state index >= 15 is 0 Å². The van der Waals surface area contributed by atoms with Crippen LogP contribution in [0.15, 0.2) is 43.0 Å². The molecule has 1 unspecified atom stereocenters. The Bertz CT molecular complexity index is 628. The Balaban J connectivity index is 0.00000261. The van der Waals surface area contributed by atoms with Crippen LogP contribution in [0.1, 0.15) is 58.4 Å². The molecular formula is C22H29F3O. The number of hydrogen-bond donors (Lipinski definition) is 0. The summed E-state index contributed by atoms with van der Waals surface area (Å²) in [4.78, 5) is 0. The van der Waals surface area contributed by atoms with Crippen molar-refractivity contribution in [3.8, 4) is 5.75 Å². The molecule has 0 heterocycles. The van der Waals surface area contributed by atoms with Crippen LogP contribution in [0.4, 0.5) is 13.2 Å². The van der Waals surface area contributed by atoms with E-state index in [4.69, 9.17) is 0 Å². The molecule has 1 fully saturated rings. The fourth-order valence-corrected chi connectivity index (χ4v) is 4.55. The maximum atomic E-state index is 12.2. The standard InChI is InChI=1S/C22H27F3O.H2/c1-2-3-16-4-6-17(7-5-16)18-8-10-19(11-9-18)20-12-14-21(15-13-20)26-22(23,24)25;/h2,10,12-18H,1,3-9,11H2;1H. The number of halogens is 3. The molecule has 4 heteroatoms. The molecule has 0 bridgehead atoms. The average Bonchev–Trinajstić information content (AvgIpc) is 2.62. The first-order valence-corrected chi connectivity index (χ1v) is 9.60. The van der Waals surface area contributed by atoms with Gasteiger partial charge in [0.05, 0.1) is 0 Å². The lowest BCUT2D eigenvalue weighted by Gasteiger charge is -2.35. The lowest BCUT2D eigenvalue weighted by atomic mass is 9.70. The summed E-state index contributed by atoms with van der Waals surface area (Å²) in [6.45, 7) is 3.85. The highest BCUT2D eigenvalue weighted by Crippen LogP contribution is 2.42. The van der Waals surface area contributed by atoms with Crippen LogP contribution < -0.4 is 4.74 Å². The summed E-state index contributed by atoms with van der Waals surface area (Å²) < 4.78 is 40.7. The van der Waals surface area contributed by atoms with Gasteiger partial charge in [0.15, 0.2) is 0 Å². The van der Waals surface area contributed by atoms with Crippen LogP contribution in [-0.2, 0) is 0 Å². The van der Waals surface area contributed by atoms with Crippen LogP contribution in [-0.4, -0.2) is 6.36 Å². The Morgan fingerprint density at radius 1 is 1.04 bits per heavy atom. The van der Waals surface area contributed by atoms with Crippen LogP contribution in [0.2, 0.25) is 0 Å². The Morgan fingerprint density at radius 3 is 2.27 bits per heavy atom. The first-order chi connectivity index (χ1) is 12.4.